The Kier molecular flexibility index (Phi) is 16.7. The Morgan fingerprint density at radius 2 is 1.78 bits per heavy atom. The largest absolute Gasteiger partial charge is 0.379 e. The van der Waals surface area contributed by atoms with Gasteiger partial charge in [-0.05, 0) is 69.4 Å². The summed E-state index contributed by atoms with van der Waals surface area (Å²) >= 11 is 1.51. The highest BCUT2D eigenvalue weighted by atomic mass is 32.1. The minimum absolute atomic E-state index is 0.000717. The van der Waals surface area contributed by atoms with Crippen LogP contribution in [-0.2, 0) is 35.1 Å². The lowest BCUT2D eigenvalue weighted by Crippen LogP contribution is -2.63. The molecule has 2 saturated heterocycles. The number of hydrogen-bond acceptors (Lipinski definition) is 9. The molecule has 0 bridgehead atoms. The molecule has 4 amide bonds. The van der Waals surface area contributed by atoms with Crippen LogP contribution >= 0.6 is 11.3 Å². The molecule has 0 aliphatic carbocycles. The van der Waals surface area contributed by atoms with Crippen LogP contribution in [0.25, 0.3) is 0 Å². The Morgan fingerprint density at radius 3 is 2.36 bits per heavy atom. The van der Waals surface area contributed by atoms with E-state index in [9.17, 15) is 19.2 Å². The lowest BCUT2D eigenvalue weighted by atomic mass is 9.88. The van der Waals surface area contributed by atoms with Crippen molar-refractivity contribution < 1.29 is 28.7 Å². The van der Waals surface area contributed by atoms with Crippen molar-refractivity contribution in [3.05, 3.63) is 52.5 Å². The van der Waals surface area contributed by atoms with Crippen molar-refractivity contribution in [2.24, 2.45) is 17.8 Å². The van der Waals surface area contributed by atoms with Crippen LogP contribution in [0.1, 0.15) is 103 Å². The van der Waals surface area contributed by atoms with E-state index in [1.165, 1.54) is 11.3 Å². The molecule has 2 aliphatic heterocycles. The van der Waals surface area contributed by atoms with Gasteiger partial charge in [-0.3, -0.25) is 19.2 Å². The molecule has 55 heavy (non-hydrogen) atoms. The van der Waals surface area contributed by atoms with Gasteiger partial charge in [0.25, 0.3) is 0 Å². The van der Waals surface area contributed by atoms with Crippen LogP contribution in [0, 0.1) is 17.8 Å². The minimum Gasteiger partial charge on any atom is -0.379 e. The Bertz CT molecular complexity index is 1520. The monoisotopic (exact) mass is 782 g/mol. The standard InChI is InChI=1S/C42H66N6O6S/c1-10-28(4)36(47(7)40(51)35(27(2)3)46-41(52)42(6)20-14-15-21-44-42)33(53-8)26-34(49)48-23-16-19-32(48)37(54-9)29(5)38(50)45-31(39-43-22-24-55-39)25-30-17-12-11-13-18-30/h11-13,17-18,22,24,27-29,31-33,35-37,44H,10,14-16,19-21,23,25-26H2,1-9H3,(H,45,50)(H,46,52)/t28-,29+,31-,32-,33-,35-,36-,37+,42-/m0/s1. The van der Waals surface area contributed by atoms with E-state index in [4.69, 9.17) is 9.47 Å². The fourth-order valence-electron chi connectivity index (χ4n) is 8.35. The summed E-state index contributed by atoms with van der Waals surface area (Å²) in [5.41, 5.74) is 0.370. The van der Waals surface area contributed by atoms with Crippen LogP contribution in [0.15, 0.2) is 41.9 Å². The fourth-order valence-corrected chi connectivity index (χ4v) is 9.04. The maximum atomic E-state index is 14.3. The number of likely N-dealkylation sites (tertiary alicyclic amines) is 1. The second-order valence-corrected chi connectivity index (χ2v) is 17.0. The summed E-state index contributed by atoms with van der Waals surface area (Å²) in [6.45, 7) is 13.1. The quantitative estimate of drug-likeness (QED) is 0.178. The molecule has 0 spiro atoms. The lowest BCUT2D eigenvalue weighted by molar-refractivity contribution is -0.148. The normalized spacial score (nSPS) is 22.6. The van der Waals surface area contributed by atoms with Crippen LogP contribution in [0.4, 0.5) is 0 Å². The van der Waals surface area contributed by atoms with Crippen LogP contribution in [0.3, 0.4) is 0 Å². The van der Waals surface area contributed by atoms with Gasteiger partial charge in [-0.25, -0.2) is 4.98 Å². The number of amides is 4. The molecule has 2 aromatic rings. The molecular weight excluding hydrogens is 717 g/mol. The Labute approximate surface area is 332 Å². The average Bonchev–Trinajstić information content (AvgIpc) is 3.90. The summed E-state index contributed by atoms with van der Waals surface area (Å²) in [5, 5.41) is 12.4. The highest BCUT2D eigenvalue weighted by Gasteiger charge is 2.44. The van der Waals surface area contributed by atoms with E-state index < -0.39 is 35.7 Å². The second-order valence-electron chi connectivity index (χ2n) is 16.1. The number of thiazole rings is 1. The van der Waals surface area contributed by atoms with E-state index in [-0.39, 0.29) is 54.0 Å². The molecule has 1 aromatic carbocycles. The number of benzene rings is 1. The van der Waals surface area contributed by atoms with Gasteiger partial charge in [-0.2, -0.15) is 0 Å². The molecule has 2 aliphatic rings. The van der Waals surface area contributed by atoms with Crippen molar-refractivity contribution in [3.8, 4) is 0 Å². The number of carbonyl (C=O) groups is 4. The number of nitrogens with zero attached hydrogens (tertiary/aromatic N) is 3. The third-order valence-electron chi connectivity index (χ3n) is 11.9. The Balaban J connectivity index is 1.47. The van der Waals surface area contributed by atoms with Gasteiger partial charge in [-0.1, -0.05) is 71.4 Å². The van der Waals surface area contributed by atoms with Crippen LogP contribution in [0.2, 0.25) is 0 Å². The van der Waals surface area contributed by atoms with Crippen molar-refractivity contribution in [3.63, 3.8) is 0 Å². The summed E-state index contributed by atoms with van der Waals surface area (Å²) in [5.74, 6) is -1.34. The van der Waals surface area contributed by atoms with Crippen molar-refractivity contribution in [1.29, 1.82) is 0 Å². The van der Waals surface area contributed by atoms with E-state index in [0.717, 1.165) is 42.8 Å². The SMILES string of the molecule is CC[C@H](C)[C@@H]([C@H](CC(=O)N1CCC[C@H]1[C@H](OC)[C@@H](C)C(=O)N[C@@H](Cc1ccccc1)c1nccs1)OC)N(C)C(=O)[C@@H](NC(=O)[C@]1(C)CCCCN1)C(C)C. The molecule has 9 atom stereocenters. The molecule has 2 fully saturated rings. The molecule has 0 unspecified atom stereocenters. The highest BCUT2D eigenvalue weighted by molar-refractivity contribution is 7.09. The van der Waals surface area contributed by atoms with Crippen molar-refractivity contribution in [2.45, 2.75) is 135 Å². The second kappa shape index (κ2) is 20.7. The van der Waals surface area contributed by atoms with E-state index in [1.807, 2.05) is 68.3 Å². The van der Waals surface area contributed by atoms with Crippen LogP contribution in [0.5, 0.6) is 0 Å². The maximum Gasteiger partial charge on any atom is 0.245 e. The summed E-state index contributed by atoms with van der Waals surface area (Å²) < 4.78 is 12.1. The molecule has 3 N–H and O–H groups in total. The zero-order valence-corrected chi connectivity index (χ0v) is 35.3. The molecule has 0 saturated carbocycles. The molecule has 1 aromatic heterocycles. The number of carbonyl (C=O) groups excluding carboxylic acids is 4. The third kappa shape index (κ3) is 11.1. The molecular formula is C42H66N6O6S. The van der Waals surface area contributed by atoms with Gasteiger partial charge in [0, 0.05) is 39.4 Å². The predicted molar refractivity (Wildman–Crippen MR) is 216 cm³/mol. The number of methoxy groups -OCH3 is 2. The highest BCUT2D eigenvalue weighted by Crippen LogP contribution is 2.31. The first-order valence-electron chi connectivity index (χ1n) is 20.2. The van der Waals surface area contributed by atoms with Gasteiger partial charge in [0.1, 0.15) is 11.0 Å². The van der Waals surface area contributed by atoms with Crippen LogP contribution < -0.4 is 16.0 Å². The van der Waals surface area contributed by atoms with Crippen molar-refractivity contribution in [2.75, 3.05) is 34.4 Å². The van der Waals surface area contributed by atoms with E-state index >= 15 is 0 Å². The van der Waals surface area contributed by atoms with Gasteiger partial charge in [0.2, 0.25) is 23.6 Å². The number of rotatable bonds is 19. The van der Waals surface area contributed by atoms with E-state index in [2.05, 4.69) is 34.8 Å². The minimum atomic E-state index is -0.737. The third-order valence-corrected chi connectivity index (χ3v) is 12.8. The summed E-state index contributed by atoms with van der Waals surface area (Å²) in [4.78, 5) is 64.1. The maximum absolute atomic E-state index is 14.3. The number of likely N-dealkylation sites (N-methyl/N-ethyl adjacent to an activating group) is 1. The molecule has 13 heteroatoms. The average molecular weight is 783 g/mol. The number of aromatic nitrogens is 1. The van der Waals surface area contributed by atoms with Gasteiger partial charge < -0.3 is 35.2 Å². The number of nitrogens with one attached hydrogen (secondary N) is 3. The first-order chi connectivity index (χ1) is 26.3. The van der Waals surface area contributed by atoms with Gasteiger partial charge in [-0.15, -0.1) is 11.3 Å². The topological polar surface area (TPSA) is 142 Å². The van der Waals surface area contributed by atoms with Crippen molar-refractivity contribution >= 4 is 35.0 Å². The van der Waals surface area contributed by atoms with Gasteiger partial charge in [0.15, 0.2) is 0 Å². The van der Waals surface area contributed by atoms with Gasteiger partial charge in [0.05, 0.1) is 48.2 Å². The number of hydrogen-bond donors (Lipinski definition) is 3. The Morgan fingerprint density at radius 1 is 1.05 bits per heavy atom. The van der Waals surface area contributed by atoms with E-state index in [0.29, 0.717) is 25.8 Å². The smallest absolute Gasteiger partial charge is 0.245 e. The molecule has 0 radical (unpaired) electrons. The first kappa shape index (κ1) is 44.3. The molecule has 3 heterocycles. The lowest BCUT2D eigenvalue weighted by Gasteiger charge is -2.41. The fraction of sp³-hybridized carbons (Fsp3) is 0.690. The summed E-state index contributed by atoms with van der Waals surface area (Å²) in [7, 11) is 4.95. The summed E-state index contributed by atoms with van der Waals surface area (Å²) in [6, 6.07) is 8.25. The molecule has 306 valence electrons. The van der Waals surface area contributed by atoms with Gasteiger partial charge >= 0.3 is 0 Å². The zero-order chi connectivity index (χ0) is 40.3. The molecule has 4 rings (SSSR count). The van der Waals surface area contributed by atoms with Crippen LogP contribution in [-0.4, -0.2) is 109 Å². The predicted octanol–water partition coefficient (Wildman–Crippen LogP) is 5.14. The van der Waals surface area contributed by atoms with Crippen molar-refractivity contribution in [1.82, 2.24) is 30.7 Å². The Hall–Kier alpha value is -3.39. The number of piperidine rings is 1. The first-order valence-corrected chi connectivity index (χ1v) is 21.1. The number of ether oxygens (including phenoxy) is 2. The zero-order valence-electron chi connectivity index (χ0n) is 34.5. The van der Waals surface area contributed by atoms with E-state index in [1.54, 1.807) is 32.4 Å². The molecule has 12 nitrogen and oxygen atoms in total. The summed E-state index contributed by atoms with van der Waals surface area (Å²) in [6.07, 6.45) is 6.21.